The predicted molar refractivity (Wildman–Crippen MR) is 86.8 cm³/mol. The molecule has 0 saturated carbocycles. The molecule has 0 aliphatic heterocycles. The van der Waals surface area contributed by atoms with Gasteiger partial charge in [0.25, 0.3) is 0 Å². The van der Waals surface area contributed by atoms with Gasteiger partial charge in [-0.15, -0.1) is 0 Å². The minimum absolute atomic E-state index is 0.638. The summed E-state index contributed by atoms with van der Waals surface area (Å²) in [4.78, 5) is 4.56. The highest BCUT2D eigenvalue weighted by Gasteiger charge is 2.03. The van der Waals surface area contributed by atoms with Crippen molar-refractivity contribution in [3.05, 3.63) is 65.7 Å². The van der Waals surface area contributed by atoms with Gasteiger partial charge in [0.15, 0.2) is 0 Å². The number of ether oxygens (including phenoxy) is 1. The van der Waals surface area contributed by atoms with Crippen LogP contribution in [0.15, 0.2) is 54.6 Å². The lowest BCUT2D eigenvalue weighted by Crippen LogP contribution is -2.03. The lowest BCUT2D eigenvalue weighted by Gasteiger charge is -2.10. The standard InChI is InChI=1S/C18H15N3O/c1-22-17-5-3-2-4-15(17)12-20-18-9-7-14-10-13(11-19)6-8-16(14)21-18/h2-10H,12H2,1H3,(H,20,21). The third kappa shape index (κ3) is 2.84. The molecule has 4 nitrogen and oxygen atoms in total. The number of aromatic nitrogens is 1. The second-order valence-corrected chi connectivity index (χ2v) is 4.88. The lowest BCUT2D eigenvalue weighted by atomic mass is 10.1. The third-order valence-electron chi connectivity index (χ3n) is 3.47. The Morgan fingerprint density at radius 1 is 1.14 bits per heavy atom. The lowest BCUT2D eigenvalue weighted by molar-refractivity contribution is 0.410. The fraction of sp³-hybridized carbons (Fsp3) is 0.111. The maximum atomic E-state index is 8.92. The highest BCUT2D eigenvalue weighted by Crippen LogP contribution is 2.20. The Morgan fingerprint density at radius 2 is 2.00 bits per heavy atom. The minimum Gasteiger partial charge on any atom is -0.496 e. The quantitative estimate of drug-likeness (QED) is 0.795. The molecule has 1 heterocycles. The molecule has 0 atom stereocenters. The maximum Gasteiger partial charge on any atom is 0.126 e. The monoisotopic (exact) mass is 289 g/mol. The molecule has 0 amide bonds. The molecule has 0 spiro atoms. The van der Waals surface area contributed by atoms with E-state index in [0.717, 1.165) is 28.0 Å². The summed E-state index contributed by atoms with van der Waals surface area (Å²) in [7, 11) is 1.67. The van der Waals surface area contributed by atoms with E-state index >= 15 is 0 Å². The first-order valence-corrected chi connectivity index (χ1v) is 6.97. The number of pyridine rings is 1. The smallest absolute Gasteiger partial charge is 0.126 e. The summed E-state index contributed by atoms with van der Waals surface area (Å²) in [5.74, 6) is 1.65. The van der Waals surface area contributed by atoms with Crippen molar-refractivity contribution >= 4 is 16.7 Å². The van der Waals surface area contributed by atoms with Crippen molar-refractivity contribution in [2.24, 2.45) is 0 Å². The van der Waals surface area contributed by atoms with E-state index in [1.54, 1.807) is 13.2 Å². The fourth-order valence-corrected chi connectivity index (χ4v) is 2.33. The van der Waals surface area contributed by atoms with Gasteiger partial charge in [0.2, 0.25) is 0 Å². The molecule has 0 radical (unpaired) electrons. The van der Waals surface area contributed by atoms with E-state index in [1.165, 1.54) is 0 Å². The number of hydrogen-bond donors (Lipinski definition) is 1. The Hall–Kier alpha value is -3.06. The van der Waals surface area contributed by atoms with E-state index in [-0.39, 0.29) is 0 Å². The van der Waals surface area contributed by atoms with Crippen molar-refractivity contribution < 1.29 is 4.74 Å². The van der Waals surface area contributed by atoms with Crippen LogP contribution in [-0.2, 0) is 6.54 Å². The number of hydrogen-bond acceptors (Lipinski definition) is 4. The predicted octanol–water partition coefficient (Wildman–Crippen LogP) is 3.73. The molecule has 0 bridgehead atoms. The van der Waals surface area contributed by atoms with Crippen molar-refractivity contribution in [1.29, 1.82) is 5.26 Å². The molecule has 108 valence electrons. The molecule has 1 N–H and O–H groups in total. The summed E-state index contributed by atoms with van der Waals surface area (Å²) >= 11 is 0. The van der Waals surface area contributed by atoms with Crippen molar-refractivity contribution in [2.45, 2.75) is 6.54 Å². The van der Waals surface area contributed by atoms with Crippen LogP contribution in [0, 0.1) is 11.3 Å². The van der Waals surface area contributed by atoms with E-state index in [4.69, 9.17) is 10.00 Å². The van der Waals surface area contributed by atoms with Crippen LogP contribution in [0.2, 0.25) is 0 Å². The van der Waals surface area contributed by atoms with E-state index < -0.39 is 0 Å². The molecule has 22 heavy (non-hydrogen) atoms. The number of nitrogens with zero attached hydrogens (tertiary/aromatic N) is 2. The van der Waals surface area contributed by atoms with Crippen molar-refractivity contribution in [3.63, 3.8) is 0 Å². The van der Waals surface area contributed by atoms with Gasteiger partial charge in [-0.05, 0) is 36.4 Å². The Kier molecular flexibility index (Phi) is 3.88. The van der Waals surface area contributed by atoms with Gasteiger partial charge in [-0.1, -0.05) is 18.2 Å². The van der Waals surface area contributed by atoms with Gasteiger partial charge in [-0.25, -0.2) is 4.98 Å². The molecular weight excluding hydrogens is 274 g/mol. The van der Waals surface area contributed by atoms with Crippen LogP contribution in [0.25, 0.3) is 10.9 Å². The number of para-hydroxylation sites is 1. The normalized spacial score (nSPS) is 10.2. The molecule has 0 fully saturated rings. The summed E-state index contributed by atoms with van der Waals surface area (Å²) < 4.78 is 5.34. The van der Waals surface area contributed by atoms with Gasteiger partial charge in [-0.3, -0.25) is 0 Å². The van der Waals surface area contributed by atoms with Crippen LogP contribution < -0.4 is 10.1 Å². The molecule has 3 aromatic rings. The van der Waals surface area contributed by atoms with Gasteiger partial charge < -0.3 is 10.1 Å². The second kappa shape index (κ2) is 6.15. The first kappa shape index (κ1) is 13.9. The summed E-state index contributed by atoms with van der Waals surface area (Å²) in [6.45, 7) is 0.638. The Bertz CT molecular complexity index is 852. The molecule has 4 heteroatoms. The molecular formula is C18H15N3O. The number of fused-ring (bicyclic) bond motifs is 1. The topological polar surface area (TPSA) is 57.9 Å². The van der Waals surface area contributed by atoms with Gasteiger partial charge >= 0.3 is 0 Å². The summed E-state index contributed by atoms with van der Waals surface area (Å²) in [6, 6.07) is 19.4. The maximum absolute atomic E-state index is 8.92. The summed E-state index contributed by atoms with van der Waals surface area (Å²) in [5.41, 5.74) is 2.58. The Balaban J connectivity index is 1.81. The van der Waals surface area contributed by atoms with E-state index in [0.29, 0.717) is 12.1 Å². The third-order valence-corrected chi connectivity index (χ3v) is 3.47. The fourth-order valence-electron chi connectivity index (χ4n) is 2.33. The van der Waals surface area contributed by atoms with E-state index in [9.17, 15) is 0 Å². The summed E-state index contributed by atoms with van der Waals surface area (Å²) in [5, 5.41) is 13.2. The number of rotatable bonds is 4. The van der Waals surface area contributed by atoms with Gasteiger partial charge in [-0.2, -0.15) is 5.26 Å². The molecule has 0 aliphatic carbocycles. The van der Waals surface area contributed by atoms with E-state index in [2.05, 4.69) is 16.4 Å². The van der Waals surface area contributed by atoms with Crippen LogP contribution in [-0.4, -0.2) is 12.1 Å². The molecule has 0 unspecified atom stereocenters. The van der Waals surface area contributed by atoms with Gasteiger partial charge in [0.1, 0.15) is 11.6 Å². The number of nitriles is 1. The molecule has 3 rings (SSSR count). The van der Waals surface area contributed by atoms with Gasteiger partial charge in [0.05, 0.1) is 24.3 Å². The number of anilines is 1. The average molecular weight is 289 g/mol. The molecule has 0 saturated heterocycles. The number of benzene rings is 2. The molecule has 1 aromatic heterocycles. The van der Waals surface area contributed by atoms with Gasteiger partial charge in [0, 0.05) is 17.5 Å². The van der Waals surface area contributed by atoms with Crippen LogP contribution in [0.3, 0.4) is 0 Å². The summed E-state index contributed by atoms with van der Waals surface area (Å²) in [6.07, 6.45) is 0. The second-order valence-electron chi connectivity index (χ2n) is 4.88. The minimum atomic E-state index is 0.638. The highest BCUT2D eigenvalue weighted by atomic mass is 16.5. The first-order chi connectivity index (χ1) is 10.8. The van der Waals surface area contributed by atoms with Crippen LogP contribution in [0.5, 0.6) is 5.75 Å². The zero-order valence-electron chi connectivity index (χ0n) is 12.2. The Labute approximate surface area is 129 Å². The zero-order valence-corrected chi connectivity index (χ0v) is 12.2. The number of nitrogens with one attached hydrogen (secondary N) is 1. The highest BCUT2D eigenvalue weighted by molar-refractivity contribution is 5.81. The van der Waals surface area contributed by atoms with Crippen LogP contribution in [0.4, 0.5) is 5.82 Å². The molecule has 0 aliphatic rings. The van der Waals surface area contributed by atoms with Crippen LogP contribution in [0.1, 0.15) is 11.1 Å². The van der Waals surface area contributed by atoms with Crippen molar-refractivity contribution in [1.82, 2.24) is 4.98 Å². The van der Waals surface area contributed by atoms with Crippen molar-refractivity contribution in [3.8, 4) is 11.8 Å². The van der Waals surface area contributed by atoms with Crippen LogP contribution >= 0.6 is 0 Å². The first-order valence-electron chi connectivity index (χ1n) is 6.97. The zero-order chi connectivity index (χ0) is 15.4. The van der Waals surface area contributed by atoms with E-state index in [1.807, 2.05) is 48.5 Å². The molecule has 2 aromatic carbocycles. The average Bonchev–Trinajstić information content (AvgIpc) is 2.59. The Morgan fingerprint density at radius 3 is 2.82 bits per heavy atom. The SMILES string of the molecule is COc1ccccc1CNc1ccc2cc(C#N)ccc2n1. The largest absolute Gasteiger partial charge is 0.496 e. The number of methoxy groups -OCH3 is 1. The van der Waals surface area contributed by atoms with Crippen molar-refractivity contribution in [2.75, 3.05) is 12.4 Å².